The summed E-state index contributed by atoms with van der Waals surface area (Å²) in [5, 5.41) is 11.8. The van der Waals surface area contributed by atoms with Crippen LogP contribution in [-0.4, -0.2) is 46.5 Å². The van der Waals surface area contributed by atoms with Gasteiger partial charge in [0.2, 0.25) is 5.91 Å². The molecule has 0 aliphatic carbocycles. The van der Waals surface area contributed by atoms with E-state index >= 15 is 0 Å². The Kier molecular flexibility index (Phi) is 5.95. The Hall–Kier alpha value is -1.95. The van der Waals surface area contributed by atoms with Crippen LogP contribution in [0.15, 0.2) is 18.3 Å². The fourth-order valence-electron chi connectivity index (χ4n) is 1.71. The molecule has 19 heavy (non-hydrogen) atoms. The van der Waals surface area contributed by atoms with Crippen molar-refractivity contribution in [2.24, 2.45) is 0 Å². The summed E-state index contributed by atoms with van der Waals surface area (Å²) in [4.78, 5) is 28.5. The van der Waals surface area contributed by atoms with Gasteiger partial charge in [-0.25, -0.2) is 4.79 Å². The molecular formula is C13H19N3O3. The maximum absolute atomic E-state index is 11.5. The smallest absolute Gasteiger partial charge is 0.337 e. The van der Waals surface area contributed by atoms with Gasteiger partial charge in [0.05, 0.1) is 17.8 Å². The molecule has 0 aliphatic heterocycles. The third-order valence-corrected chi connectivity index (χ3v) is 2.68. The maximum atomic E-state index is 11.5. The van der Waals surface area contributed by atoms with E-state index in [0.717, 1.165) is 0 Å². The molecule has 1 aromatic heterocycles. The first-order chi connectivity index (χ1) is 9.08. The quantitative estimate of drug-likeness (QED) is 0.759. The number of carbonyl (C=O) groups is 2. The number of nitrogens with one attached hydrogen (secondary N) is 1. The summed E-state index contributed by atoms with van der Waals surface area (Å²) >= 11 is 0. The number of carboxylic acid groups (broad SMARTS) is 1. The van der Waals surface area contributed by atoms with Gasteiger partial charge in [-0.15, -0.1) is 0 Å². The number of amides is 1. The highest BCUT2D eigenvalue weighted by molar-refractivity contribution is 5.88. The van der Waals surface area contributed by atoms with Gasteiger partial charge in [-0.2, -0.15) is 0 Å². The summed E-state index contributed by atoms with van der Waals surface area (Å²) in [7, 11) is 0. The number of rotatable bonds is 7. The minimum absolute atomic E-state index is 0.0721. The molecule has 0 aliphatic rings. The lowest BCUT2D eigenvalue weighted by molar-refractivity contribution is -0.122. The van der Waals surface area contributed by atoms with Crippen LogP contribution >= 0.6 is 0 Å². The lowest BCUT2D eigenvalue weighted by atomic mass is 10.2. The fourth-order valence-corrected chi connectivity index (χ4v) is 1.71. The Morgan fingerprint density at radius 2 is 2.16 bits per heavy atom. The molecule has 1 amide bonds. The zero-order chi connectivity index (χ0) is 14.3. The number of nitrogens with zero attached hydrogens (tertiary/aromatic N) is 2. The van der Waals surface area contributed by atoms with Gasteiger partial charge in [0, 0.05) is 19.3 Å². The Morgan fingerprint density at radius 3 is 2.74 bits per heavy atom. The van der Waals surface area contributed by atoms with Crippen molar-refractivity contribution >= 4 is 11.9 Å². The molecule has 104 valence electrons. The number of hydrogen-bond acceptors (Lipinski definition) is 4. The van der Waals surface area contributed by atoms with E-state index in [2.05, 4.69) is 10.3 Å². The van der Waals surface area contributed by atoms with E-state index in [1.54, 1.807) is 12.3 Å². The highest BCUT2D eigenvalue weighted by atomic mass is 16.4. The second kappa shape index (κ2) is 7.48. The summed E-state index contributed by atoms with van der Waals surface area (Å²) in [6.07, 6.45) is 1.56. The van der Waals surface area contributed by atoms with Crippen LogP contribution in [0.3, 0.4) is 0 Å². The van der Waals surface area contributed by atoms with Crippen molar-refractivity contribution in [1.82, 2.24) is 15.2 Å². The van der Waals surface area contributed by atoms with Gasteiger partial charge in [-0.3, -0.25) is 14.7 Å². The summed E-state index contributed by atoms with van der Waals surface area (Å²) in [6, 6.07) is 3.11. The number of carbonyl (C=O) groups excluding carboxylic acids is 1. The van der Waals surface area contributed by atoms with Crippen molar-refractivity contribution in [2.75, 3.05) is 19.6 Å². The topological polar surface area (TPSA) is 82.5 Å². The standard InChI is InChI=1S/C13H19N3O3/c1-3-14-12(17)9-16(4-2)8-11-10(13(18)19)6-5-7-15-11/h5-7H,3-4,8-9H2,1-2H3,(H,14,17)(H,18,19). The van der Waals surface area contributed by atoms with Gasteiger partial charge in [-0.05, 0) is 25.6 Å². The van der Waals surface area contributed by atoms with Gasteiger partial charge in [0.25, 0.3) is 0 Å². The van der Waals surface area contributed by atoms with E-state index in [9.17, 15) is 9.59 Å². The lowest BCUT2D eigenvalue weighted by Gasteiger charge is -2.19. The van der Waals surface area contributed by atoms with Crippen molar-refractivity contribution in [3.8, 4) is 0 Å². The molecule has 6 heteroatoms. The first kappa shape index (κ1) is 15.1. The SMILES string of the molecule is CCNC(=O)CN(CC)Cc1ncccc1C(=O)O. The summed E-state index contributed by atoms with van der Waals surface area (Å²) in [5.74, 6) is -1.07. The van der Waals surface area contributed by atoms with Crippen molar-refractivity contribution in [1.29, 1.82) is 0 Å². The molecule has 0 atom stereocenters. The first-order valence-corrected chi connectivity index (χ1v) is 6.24. The largest absolute Gasteiger partial charge is 0.478 e. The third kappa shape index (κ3) is 4.67. The number of aromatic nitrogens is 1. The average Bonchev–Trinajstić information content (AvgIpc) is 2.38. The van der Waals surface area contributed by atoms with Gasteiger partial charge in [-0.1, -0.05) is 6.92 Å². The molecule has 0 spiro atoms. The number of aromatic carboxylic acids is 1. The number of hydrogen-bond donors (Lipinski definition) is 2. The minimum Gasteiger partial charge on any atom is -0.478 e. The Morgan fingerprint density at radius 1 is 1.42 bits per heavy atom. The van der Waals surface area contributed by atoms with E-state index < -0.39 is 5.97 Å². The van der Waals surface area contributed by atoms with Crippen LogP contribution in [-0.2, 0) is 11.3 Å². The van der Waals surface area contributed by atoms with Crippen LogP contribution < -0.4 is 5.32 Å². The van der Waals surface area contributed by atoms with E-state index in [1.807, 2.05) is 18.7 Å². The molecule has 0 saturated heterocycles. The van der Waals surface area contributed by atoms with E-state index in [0.29, 0.717) is 25.3 Å². The predicted molar refractivity (Wildman–Crippen MR) is 70.8 cm³/mol. The van der Waals surface area contributed by atoms with Crippen molar-refractivity contribution in [3.05, 3.63) is 29.6 Å². The molecule has 1 aromatic rings. The van der Waals surface area contributed by atoms with E-state index in [4.69, 9.17) is 5.11 Å². The Bertz CT molecular complexity index is 449. The Labute approximate surface area is 112 Å². The number of carboxylic acids is 1. The van der Waals surface area contributed by atoms with Gasteiger partial charge >= 0.3 is 5.97 Å². The molecule has 0 aromatic carbocycles. The van der Waals surface area contributed by atoms with Crippen molar-refractivity contribution in [2.45, 2.75) is 20.4 Å². The van der Waals surface area contributed by atoms with Gasteiger partial charge in [0.1, 0.15) is 0 Å². The summed E-state index contributed by atoms with van der Waals surface area (Å²) in [5.41, 5.74) is 0.651. The summed E-state index contributed by atoms with van der Waals surface area (Å²) in [6.45, 7) is 5.58. The second-order valence-corrected chi connectivity index (χ2v) is 4.06. The highest BCUT2D eigenvalue weighted by Gasteiger charge is 2.15. The van der Waals surface area contributed by atoms with Crippen LogP contribution in [0.25, 0.3) is 0 Å². The molecule has 1 rings (SSSR count). The van der Waals surface area contributed by atoms with Crippen molar-refractivity contribution < 1.29 is 14.7 Å². The van der Waals surface area contributed by atoms with Crippen LogP contribution in [0.1, 0.15) is 29.9 Å². The second-order valence-electron chi connectivity index (χ2n) is 4.06. The number of likely N-dealkylation sites (N-methyl/N-ethyl adjacent to an activating group) is 2. The molecule has 0 fully saturated rings. The third-order valence-electron chi connectivity index (χ3n) is 2.68. The van der Waals surface area contributed by atoms with Crippen LogP contribution in [0, 0.1) is 0 Å². The number of pyridine rings is 1. The molecule has 0 saturated carbocycles. The van der Waals surface area contributed by atoms with Crippen LogP contribution in [0.4, 0.5) is 0 Å². The minimum atomic E-state index is -1.00. The Balaban J connectivity index is 2.75. The fraction of sp³-hybridized carbons (Fsp3) is 0.462. The zero-order valence-electron chi connectivity index (χ0n) is 11.2. The highest BCUT2D eigenvalue weighted by Crippen LogP contribution is 2.08. The van der Waals surface area contributed by atoms with Gasteiger partial charge < -0.3 is 10.4 Å². The maximum Gasteiger partial charge on any atom is 0.337 e. The first-order valence-electron chi connectivity index (χ1n) is 6.24. The lowest BCUT2D eigenvalue weighted by Crippen LogP contribution is -2.37. The monoisotopic (exact) mass is 265 g/mol. The zero-order valence-corrected chi connectivity index (χ0v) is 11.2. The van der Waals surface area contributed by atoms with Crippen molar-refractivity contribution in [3.63, 3.8) is 0 Å². The molecular weight excluding hydrogens is 246 g/mol. The molecule has 0 radical (unpaired) electrons. The van der Waals surface area contributed by atoms with Crippen LogP contribution in [0.2, 0.25) is 0 Å². The molecule has 6 nitrogen and oxygen atoms in total. The van der Waals surface area contributed by atoms with E-state index in [1.165, 1.54) is 6.07 Å². The van der Waals surface area contributed by atoms with Gasteiger partial charge in [0.15, 0.2) is 0 Å². The summed E-state index contributed by atoms with van der Waals surface area (Å²) < 4.78 is 0. The molecule has 0 bridgehead atoms. The van der Waals surface area contributed by atoms with E-state index in [-0.39, 0.29) is 18.0 Å². The molecule has 1 heterocycles. The average molecular weight is 265 g/mol. The predicted octanol–water partition coefficient (Wildman–Crippen LogP) is 0.738. The molecule has 2 N–H and O–H groups in total. The molecule has 0 unspecified atom stereocenters. The normalized spacial score (nSPS) is 10.5. The van der Waals surface area contributed by atoms with Crippen LogP contribution in [0.5, 0.6) is 0 Å².